The van der Waals surface area contributed by atoms with Gasteiger partial charge in [-0.3, -0.25) is 9.89 Å². The van der Waals surface area contributed by atoms with Gasteiger partial charge >= 0.3 is 0 Å². The molecule has 0 aliphatic heterocycles. The minimum atomic E-state index is 0.616. The van der Waals surface area contributed by atoms with Crippen molar-refractivity contribution in [3.8, 4) is 10.6 Å². The second kappa shape index (κ2) is 3.14. The average Bonchev–Trinajstić information content (AvgIpc) is 2.71. The van der Waals surface area contributed by atoms with Crippen LogP contribution >= 0.6 is 11.3 Å². The molecule has 0 bridgehead atoms. The molecule has 13 heavy (non-hydrogen) atoms. The van der Waals surface area contributed by atoms with Crippen molar-refractivity contribution in [1.29, 1.82) is 0 Å². The molecule has 66 valence electrons. The quantitative estimate of drug-likeness (QED) is 0.742. The molecule has 0 amide bonds. The number of carbonyl (C=O) groups excluding carboxylic acids is 1. The van der Waals surface area contributed by atoms with E-state index in [-0.39, 0.29) is 0 Å². The lowest BCUT2D eigenvalue weighted by Crippen LogP contribution is -1.82. The summed E-state index contributed by atoms with van der Waals surface area (Å²) >= 11 is 1.61. The van der Waals surface area contributed by atoms with Crippen LogP contribution in [0.15, 0.2) is 17.6 Å². The lowest BCUT2D eigenvalue weighted by atomic mass is 10.2. The number of aryl methyl sites for hydroxylation is 1. The van der Waals surface area contributed by atoms with Gasteiger partial charge in [-0.05, 0) is 23.9 Å². The third-order valence-corrected chi connectivity index (χ3v) is 2.92. The largest absolute Gasteiger partial charge is 0.298 e. The number of aromatic amines is 1. The third kappa shape index (κ3) is 1.29. The maximum absolute atomic E-state index is 10.6. The highest BCUT2D eigenvalue weighted by Gasteiger charge is 2.09. The number of H-pyrrole nitrogens is 1. The van der Waals surface area contributed by atoms with Crippen LogP contribution in [0, 0.1) is 6.92 Å². The van der Waals surface area contributed by atoms with Crippen LogP contribution in [0.5, 0.6) is 0 Å². The number of thiophene rings is 1. The van der Waals surface area contributed by atoms with Gasteiger partial charge in [0.05, 0.1) is 22.3 Å². The molecule has 0 radical (unpaired) electrons. The Kier molecular flexibility index (Phi) is 1.98. The van der Waals surface area contributed by atoms with E-state index in [1.807, 2.05) is 18.4 Å². The van der Waals surface area contributed by atoms with Gasteiger partial charge in [0.15, 0.2) is 6.29 Å². The Labute approximate surface area is 79.4 Å². The first-order valence-electron chi connectivity index (χ1n) is 3.86. The van der Waals surface area contributed by atoms with Crippen LogP contribution in [-0.4, -0.2) is 16.5 Å². The van der Waals surface area contributed by atoms with Crippen LogP contribution in [0.2, 0.25) is 0 Å². The second-order valence-corrected chi connectivity index (χ2v) is 3.67. The Morgan fingerprint density at radius 3 is 3.08 bits per heavy atom. The standard InChI is InChI=1S/C9H8N2OS/c1-6-2-3-13-9(6)8-7(5-12)4-10-11-8/h2-5H,1H3,(H,10,11). The van der Waals surface area contributed by atoms with Crippen LogP contribution in [0.4, 0.5) is 0 Å². The summed E-state index contributed by atoms with van der Waals surface area (Å²) in [5, 5.41) is 8.67. The van der Waals surface area contributed by atoms with Crippen molar-refractivity contribution in [2.75, 3.05) is 0 Å². The summed E-state index contributed by atoms with van der Waals surface area (Å²) in [7, 11) is 0. The van der Waals surface area contributed by atoms with Gasteiger partial charge in [0.25, 0.3) is 0 Å². The Morgan fingerprint density at radius 1 is 1.62 bits per heavy atom. The summed E-state index contributed by atoms with van der Waals surface area (Å²) in [4.78, 5) is 11.7. The Balaban J connectivity index is 2.58. The van der Waals surface area contributed by atoms with Crippen LogP contribution in [0.3, 0.4) is 0 Å². The Hall–Kier alpha value is -1.42. The van der Waals surface area contributed by atoms with E-state index in [1.54, 1.807) is 17.5 Å². The first-order chi connectivity index (χ1) is 6.33. The minimum absolute atomic E-state index is 0.616. The number of aromatic nitrogens is 2. The SMILES string of the molecule is Cc1ccsc1-c1[nH]ncc1C=O. The Bertz CT molecular complexity index is 430. The summed E-state index contributed by atoms with van der Waals surface area (Å²) in [6.45, 7) is 2.02. The fourth-order valence-corrected chi connectivity index (χ4v) is 2.14. The van der Waals surface area contributed by atoms with E-state index in [1.165, 1.54) is 0 Å². The van der Waals surface area contributed by atoms with Crippen molar-refractivity contribution in [1.82, 2.24) is 10.2 Å². The molecule has 0 atom stereocenters. The maximum atomic E-state index is 10.6. The molecule has 3 nitrogen and oxygen atoms in total. The van der Waals surface area contributed by atoms with Crippen LogP contribution in [0.25, 0.3) is 10.6 Å². The van der Waals surface area contributed by atoms with Crippen molar-refractivity contribution in [2.24, 2.45) is 0 Å². The number of nitrogens with one attached hydrogen (secondary N) is 1. The maximum Gasteiger partial charge on any atom is 0.153 e. The molecule has 0 saturated carbocycles. The van der Waals surface area contributed by atoms with Gasteiger partial charge in [-0.1, -0.05) is 0 Å². The number of nitrogens with zero attached hydrogens (tertiary/aromatic N) is 1. The molecule has 1 N–H and O–H groups in total. The van der Waals surface area contributed by atoms with Crippen molar-refractivity contribution in [3.05, 3.63) is 28.8 Å². The van der Waals surface area contributed by atoms with E-state index in [0.29, 0.717) is 5.56 Å². The first kappa shape index (κ1) is 8.19. The van der Waals surface area contributed by atoms with E-state index < -0.39 is 0 Å². The zero-order valence-electron chi connectivity index (χ0n) is 7.07. The van der Waals surface area contributed by atoms with Gasteiger partial charge in [0.1, 0.15) is 0 Å². The number of hydrogen-bond acceptors (Lipinski definition) is 3. The zero-order chi connectivity index (χ0) is 9.26. The van der Waals surface area contributed by atoms with E-state index in [9.17, 15) is 4.79 Å². The molecular formula is C9H8N2OS. The molecule has 2 aromatic heterocycles. The van der Waals surface area contributed by atoms with Crippen LogP contribution in [0.1, 0.15) is 15.9 Å². The normalized spacial score (nSPS) is 10.2. The van der Waals surface area contributed by atoms with Crippen molar-refractivity contribution < 1.29 is 4.79 Å². The summed E-state index contributed by atoms with van der Waals surface area (Å²) in [6, 6.07) is 2.02. The zero-order valence-corrected chi connectivity index (χ0v) is 7.89. The number of rotatable bonds is 2. The molecule has 0 aliphatic rings. The minimum Gasteiger partial charge on any atom is -0.298 e. The molecule has 0 saturated heterocycles. The van der Waals surface area contributed by atoms with Gasteiger partial charge in [-0.15, -0.1) is 11.3 Å². The molecule has 2 rings (SSSR count). The molecule has 0 aromatic carbocycles. The molecule has 2 heterocycles. The van der Waals surface area contributed by atoms with Gasteiger partial charge in [-0.2, -0.15) is 5.10 Å². The van der Waals surface area contributed by atoms with Gasteiger partial charge < -0.3 is 0 Å². The monoisotopic (exact) mass is 192 g/mol. The summed E-state index contributed by atoms with van der Waals surface area (Å²) in [5.74, 6) is 0. The predicted octanol–water partition coefficient (Wildman–Crippen LogP) is 2.26. The molecule has 0 aliphatic carbocycles. The van der Waals surface area contributed by atoms with Crippen LogP contribution < -0.4 is 0 Å². The summed E-state index contributed by atoms with van der Waals surface area (Å²) in [5.41, 5.74) is 2.60. The fourth-order valence-electron chi connectivity index (χ4n) is 1.20. The van der Waals surface area contributed by atoms with E-state index in [4.69, 9.17) is 0 Å². The van der Waals surface area contributed by atoms with Gasteiger partial charge in [0.2, 0.25) is 0 Å². The predicted molar refractivity (Wildman–Crippen MR) is 52.0 cm³/mol. The molecule has 4 heteroatoms. The van der Waals surface area contributed by atoms with Crippen LogP contribution in [-0.2, 0) is 0 Å². The second-order valence-electron chi connectivity index (χ2n) is 2.75. The van der Waals surface area contributed by atoms with Gasteiger partial charge in [0, 0.05) is 0 Å². The number of carbonyl (C=O) groups is 1. The molecule has 0 unspecified atom stereocenters. The van der Waals surface area contributed by atoms with Gasteiger partial charge in [-0.25, -0.2) is 0 Å². The lowest BCUT2D eigenvalue weighted by Gasteiger charge is -1.95. The van der Waals surface area contributed by atoms with E-state index in [0.717, 1.165) is 22.4 Å². The highest BCUT2D eigenvalue weighted by Crippen LogP contribution is 2.28. The fraction of sp³-hybridized carbons (Fsp3) is 0.111. The highest BCUT2D eigenvalue weighted by atomic mass is 32.1. The Morgan fingerprint density at radius 2 is 2.46 bits per heavy atom. The molecule has 0 fully saturated rings. The lowest BCUT2D eigenvalue weighted by molar-refractivity contribution is 0.112. The topological polar surface area (TPSA) is 45.8 Å². The third-order valence-electron chi connectivity index (χ3n) is 1.88. The van der Waals surface area contributed by atoms with E-state index >= 15 is 0 Å². The molecule has 0 spiro atoms. The highest BCUT2D eigenvalue weighted by molar-refractivity contribution is 7.13. The summed E-state index contributed by atoms with van der Waals surface area (Å²) < 4.78 is 0. The summed E-state index contributed by atoms with van der Waals surface area (Å²) in [6.07, 6.45) is 2.36. The van der Waals surface area contributed by atoms with E-state index in [2.05, 4.69) is 10.2 Å². The van der Waals surface area contributed by atoms with Crippen molar-refractivity contribution >= 4 is 17.6 Å². The van der Waals surface area contributed by atoms with Crippen molar-refractivity contribution in [3.63, 3.8) is 0 Å². The first-order valence-corrected chi connectivity index (χ1v) is 4.74. The van der Waals surface area contributed by atoms with Crippen molar-refractivity contribution in [2.45, 2.75) is 6.92 Å². The number of aldehydes is 1. The molecular weight excluding hydrogens is 184 g/mol. The number of hydrogen-bond donors (Lipinski definition) is 1. The smallest absolute Gasteiger partial charge is 0.153 e. The average molecular weight is 192 g/mol. The molecule has 2 aromatic rings.